The zero-order valence-electron chi connectivity index (χ0n) is 11.7. The summed E-state index contributed by atoms with van der Waals surface area (Å²) in [5, 5.41) is 9.37. The Balaban J connectivity index is 1.70. The summed E-state index contributed by atoms with van der Waals surface area (Å²) in [6, 6.07) is 10.4. The van der Waals surface area contributed by atoms with Crippen molar-refractivity contribution in [2.75, 3.05) is 39.3 Å². The summed E-state index contributed by atoms with van der Waals surface area (Å²) in [4.78, 5) is 4.79. The number of benzene rings is 1. The maximum absolute atomic E-state index is 9.37. The first kappa shape index (κ1) is 14.3. The van der Waals surface area contributed by atoms with E-state index in [2.05, 4.69) is 46.2 Å². The molecule has 0 spiro atoms. The summed E-state index contributed by atoms with van der Waals surface area (Å²) in [7, 11) is 0. The van der Waals surface area contributed by atoms with Gasteiger partial charge in [-0.1, -0.05) is 42.5 Å². The molecule has 0 aliphatic carbocycles. The molecule has 0 saturated carbocycles. The summed E-state index contributed by atoms with van der Waals surface area (Å²) in [5.41, 5.74) is 1.26. The molecule has 1 aliphatic rings. The molecule has 104 valence electrons. The maximum Gasteiger partial charge on any atom is 0.0639 e. The topological polar surface area (TPSA) is 26.7 Å². The van der Waals surface area contributed by atoms with Gasteiger partial charge in [-0.15, -0.1) is 0 Å². The van der Waals surface area contributed by atoms with Crippen LogP contribution in [0.2, 0.25) is 0 Å². The third kappa shape index (κ3) is 5.15. The molecule has 0 amide bonds. The van der Waals surface area contributed by atoms with Gasteiger partial charge in [0.15, 0.2) is 0 Å². The van der Waals surface area contributed by atoms with Crippen LogP contribution < -0.4 is 0 Å². The van der Waals surface area contributed by atoms with Gasteiger partial charge in [-0.25, -0.2) is 0 Å². The second kappa shape index (κ2) is 7.43. The monoisotopic (exact) mass is 260 g/mol. The first-order valence-electron chi connectivity index (χ1n) is 7.08. The molecule has 1 aliphatic heterocycles. The third-order valence-corrected chi connectivity index (χ3v) is 3.46. The van der Waals surface area contributed by atoms with Crippen LogP contribution in [0.1, 0.15) is 12.5 Å². The van der Waals surface area contributed by atoms with Crippen molar-refractivity contribution in [2.45, 2.75) is 13.0 Å². The number of rotatable bonds is 5. The quantitative estimate of drug-likeness (QED) is 0.873. The van der Waals surface area contributed by atoms with Gasteiger partial charge in [-0.2, -0.15) is 0 Å². The van der Waals surface area contributed by atoms with Crippen molar-refractivity contribution in [2.24, 2.45) is 0 Å². The number of nitrogens with zero attached hydrogens (tertiary/aromatic N) is 2. The highest BCUT2D eigenvalue weighted by atomic mass is 16.3. The van der Waals surface area contributed by atoms with E-state index in [-0.39, 0.29) is 6.10 Å². The van der Waals surface area contributed by atoms with E-state index < -0.39 is 0 Å². The molecule has 1 atom stereocenters. The molecule has 0 aromatic heterocycles. The summed E-state index contributed by atoms with van der Waals surface area (Å²) in [6.07, 6.45) is 4.20. The van der Waals surface area contributed by atoms with Crippen LogP contribution in [0, 0.1) is 0 Å². The fourth-order valence-electron chi connectivity index (χ4n) is 2.43. The predicted molar refractivity (Wildman–Crippen MR) is 80.0 cm³/mol. The molecule has 1 aromatic rings. The van der Waals surface area contributed by atoms with Gasteiger partial charge in [0.1, 0.15) is 0 Å². The molecular weight excluding hydrogens is 236 g/mol. The molecule has 19 heavy (non-hydrogen) atoms. The van der Waals surface area contributed by atoms with Gasteiger partial charge in [0.25, 0.3) is 0 Å². The van der Waals surface area contributed by atoms with Gasteiger partial charge < -0.3 is 5.11 Å². The van der Waals surface area contributed by atoms with Gasteiger partial charge in [-0.05, 0) is 12.5 Å². The van der Waals surface area contributed by atoms with Crippen molar-refractivity contribution in [3.63, 3.8) is 0 Å². The number of aliphatic hydroxyl groups excluding tert-OH is 1. The fraction of sp³-hybridized carbons (Fsp3) is 0.500. The van der Waals surface area contributed by atoms with Gasteiger partial charge in [0, 0.05) is 39.3 Å². The molecule has 1 N–H and O–H groups in total. The highest BCUT2D eigenvalue weighted by molar-refractivity contribution is 5.48. The van der Waals surface area contributed by atoms with E-state index in [0.717, 1.165) is 39.3 Å². The smallest absolute Gasteiger partial charge is 0.0639 e. The molecular formula is C16H24N2O. The Labute approximate surface area is 116 Å². The average molecular weight is 260 g/mol. The van der Waals surface area contributed by atoms with Gasteiger partial charge in [0.2, 0.25) is 0 Å². The third-order valence-electron chi connectivity index (χ3n) is 3.46. The highest BCUT2D eigenvalue weighted by Gasteiger charge is 2.16. The number of hydrogen-bond acceptors (Lipinski definition) is 3. The number of piperazine rings is 1. The lowest BCUT2D eigenvalue weighted by Gasteiger charge is -2.34. The van der Waals surface area contributed by atoms with Gasteiger partial charge >= 0.3 is 0 Å². The van der Waals surface area contributed by atoms with Crippen LogP contribution in [-0.4, -0.2) is 60.3 Å². The Kier molecular flexibility index (Phi) is 5.58. The van der Waals surface area contributed by atoms with Crippen molar-refractivity contribution in [1.82, 2.24) is 9.80 Å². The van der Waals surface area contributed by atoms with E-state index in [1.165, 1.54) is 5.56 Å². The second-order valence-corrected chi connectivity index (χ2v) is 5.26. The molecule has 2 rings (SSSR count). The van der Waals surface area contributed by atoms with E-state index in [0.29, 0.717) is 0 Å². The molecule has 3 heteroatoms. The Morgan fingerprint density at radius 1 is 1.11 bits per heavy atom. The number of aliphatic hydroxyl groups is 1. The first-order valence-corrected chi connectivity index (χ1v) is 7.08. The minimum atomic E-state index is -0.218. The summed E-state index contributed by atoms with van der Waals surface area (Å²) >= 11 is 0. The molecule has 0 radical (unpaired) electrons. The molecule has 1 heterocycles. The van der Waals surface area contributed by atoms with Crippen LogP contribution in [0.4, 0.5) is 0 Å². The van der Waals surface area contributed by atoms with E-state index in [9.17, 15) is 5.11 Å². The molecule has 0 unspecified atom stereocenters. The van der Waals surface area contributed by atoms with E-state index in [4.69, 9.17) is 0 Å². The number of hydrogen-bond donors (Lipinski definition) is 1. The van der Waals surface area contributed by atoms with Crippen molar-refractivity contribution < 1.29 is 5.11 Å². The van der Waals surface area contributed by atoms with Crippen LogP contribution in [0.5, 0.6) is 0 Å². The van der Waals surface area contributed by atoms with Crippen LogP contribution in [0.25, 0.3) is 6.08 Å². The SMILES string of the molecule is C[C@H](O)CN1CCN(C/C=C/c2ccccc2)CC1. The van der Waals surface area contributed by atoms with Gasteiger partial charge in [-0.3, -0.25) is 9.80 Å². The summed E-state index contributed by atoms with van der Waals surface area (Å²) in [5.74, 6) is 0. The van der Waals surface area contributed by atoms with Crippen molar-refractivity contribution in [1.29, 1.82) is 0 Å². The van der Waals surface area contributed by atoms with Crippen LogP contribution in [0.3, 0.4) is 0 Å². The lowest BCUT2D eigenvalue weighted by atomic mass is 10.2. The normalized spacial score (nSPS) is 19.9. The molecule has 1 saturated heterocycles. The fourth-order valence-corrected chi connectivity index (χ4v) is 2.43. The minimum Gasteiger partial charge on any atom is -0.392 e. The molecule has 0 bridgehead atoms. The van der Waals surface area contributed by atoms with Gasteiger partial charge in [0.05, 0.1) is 6.10 Å². The predicted octanol–water partition coefficient (Wildman–Crippen LogP) is 1.70. The van der Waals surface area contributed by atoms with E-state index in [1.54, 1.807) is 0 Å². The van der Waals surface area contributed by atoms with Crippen molar-refractivity contribution in [3.8, 4) is 0 Å². The Bertz CT molecular complexity index is 381. The Hall–Kier alpha value is -1.16. The Morgan fingerprint density at radius 3 is 2.37 bits per heavy atom. The standard InChI is InChI=1S/C16H24N2O/c1-15(19)14-18-12-10-17(11-13-18)9-5-8-16-6-3-2-4-7-16/h2-8,15,19H,9-14H2,1H3/b8-5+/t15-/m0/s1. The average Bonchev–Trinajstić information content (AvgIpc) is 2.41. The van der Waals surface area contributed by atoms with Crippen molar-refractivity contribution in [3.05, 3.63) is 42.0 Å². The first-order chi connectivity index (χ1) is 9.24. The van der Waals surface area contributed by atoms with E-state index >= 15 is 0 Å². The summed E-state index contributed by atoms with van der Waals surface area (Å²) in [6.45, 7) is 7.96. The summed E-state index contributed by atoms with van der Waals surface area (Å²) < 4.78 is 0. The second-order valence-electron chi connectivity index (χ2n) is 5.26. The number of β-amino-alcohol motifs (C(OH)–C–C–N with tert-alkyl or cyclic N) is 1. The molecule has 1 fully saturated rings. The van der Waals surface area contributed by atoms with Crippen LogP contribution in [0.15, 0.2) is 36.4 Å². The van der Waals surface area contributed by atoms with Crippen molar-refractivity contribution >= 4 is 6.08 Å². The highest BCUT2D eigenvalue weighted by Crippen LogP contribution is 2.05. The van der Waals surface area contributed by atoms with E-state index in [1.807, 2.05) is 13.0 Å². The van der Waals surface area contributed by atoms with Crippen LogP contribution in [-0.2, 0) is 0 Å². The molecule has 1 aromatic carbocycles. The van der Waals surface area contributed by atoms with Crippen LogP contribution >= 0.6 is 0 Å². The maximum atomic E-state index is 9.37. The lowest BCUT2D eigenvalue weighted by Crippen LogP contribution is -2.48. The Morgan fingerprint density at radius 2 is 1.74 bits per heavy atom. The lowest BCUT2D eigenvalue weighted by molar-refractivity contribution is 0.0852. The zero-order chi connectivity index (χ0) is 13.5. The molecule has 3 nitrogen and oxygen atoms in total. The zero-order valence-corrected chi connectivity index (χ0v) is 11.7. The largest absolute Gasteiger partial charge is 0.392 e. The minimum absolute atomic E-state index is 0.218.